The van der Waals surface area contributed by atoms with Gasteiger partial charge in [0.1, 0.15) is 11.8 Å². The number of hydrogen-bond acceptors (Lipinski definition) is 3. The highest BCUT2D eigenvalue weighted by Gasteiger charge is 2.15. The second-order valence-electron chi connectivity index (χ2n) is 6.29. The van der Waals surface area contributed by atoms with Crippen molar-refractivity contribution in [2.75, 3.05) is 0 Å². The van der Waals surface area contributed by atoms with Crippen molar-refractivity contribution in [3.63, 3.8) is 0 Å². The smallest absolute Gasteiger partial charge is 0.320 e. The fourth-order valence-corrected chi connectivity index (χ4v) is 2.38. The van der Waals surface area contributed by atoms with Gasteiger partial charge in [0.25, 0.3) is 0 Å². The summed E-state index contributed by atoms with van der Waals surface area (Å²) >= 11 is 0. The van der Waals surface area contributed by atoms with Gasteiger partial charge < -0.3 is 10.8 Å². The van der Waals surface area contributed by atoms with Crippen molar-refractivity contribution in [3.05, 3.63) is 36.5 Å². The van der Waals surface area contributed by atoms with E-state index >= 15 is 0 Å². The predicted octanol–water partition coefficient (Wildman–Crippen LogP) is 4.95. The third kappa shape index (κ3) is 16.9. The number of carbonyl (C=O) groups excluding carboxylic acids is 1. The summed E-state index contributed by atoms with van der Waals surface area (Å²) in [4.78, 5) is 22.1. The first-order valence-corrected chi connectivity index (χ1v) is 9.53. The maximum atomic E-state index is 11.5. The lowest BCUT2D eigenvalue weighted by Crippen LogP contribution is -2.32. The molecule has 0 aliphatic rings. The molecule has 0 aliphatic carbocycles. The molecule has 0 aromatic carbocycles. The number of carboxylic acids is 1. The van der Waals surface area contributed by atoms with E-state index < -0.39 is 12.0 Å². The van der Waals surface area contributed by atoms with Gasteiger partial charge in [0, 0.05) is 12.8 Å². The number of carbonyl (C=O) groups is 2. The van der Waals surface area contributed by atoms with Gasteiger partial charge in [-0.25, -0.2) is 0 Å². The Hall–Kier alpha value is -1.68. The van der Waals surface area contributed by atoms with Crippen LogP contribution >= 0.6 is 0 Å². The molecule has 0 radical (unpaired) electrons. The first kappa shape index (κ1) is 23.3. The third-order valence-electron chi connectivity index (χ3n) is 3.87. The number of hydrogen-bond donors (Lipinski definition) is 2. The van der Waals surface area contributed by atoms with Crippen LogP contribution in [0.3, 0.4) is 0 Å². The van der Waals surface area contributed by atoms with Gasteiger partial charge in [0.15, 0.2) is 0 Å². The van der Waals surface area contributed by atoms with E-state index in [-0.39, 0.29) is 12.2 Å². The van der Waals surface area contributed by atoms with Gasteiger partial charge >= 0.3 is 5.97 Å². The molecule has 0 bridgehead atoms. The molecule has 0 heterocycles. The minimum atomic E-state index is -1.11. The normalized spacial score (nSPS) is 13.2. The van der Waals surface area contributed by atoms with Crippen molar-refractivity contribution in [3.8, 4) is 0 Å². The number of allylic oxidation sites excluding steroid dienone is 6. The molecule has 0 rings (SSSR count). The minimum Gasteiger partial charge on any atom is -0.480 e. The quantitative estimate of drug-likeness (QED) is 0.305. The third-order valence-corrected chi connectivity index (χ3v) is 3.87. The molecule has 0 fully saturated rings. The van der Waals surface area contributed by atoms with Crippen molar-refractivity contribution < 1.29 is 14.7 Å². The van der Waals surface area contributed by atoms with E-state index in [4.69, 9.17) is 10.8 Å². The van der Waals surface area contributed by atoms with Crippen LogP contribution in [0.4, 0.5) is 0 Å². The second-order valence-corrected chi connectivity index (χ2v) is 6.29. The van der Waals surface area contributed by atoms with Crippen LogP contribution in [0.2, 0.25) is 0 Å². The van der Waals surface area contributed by atoms with E-state index in [0.29, 0.717) is 6.42 Å². The van der Waals surface area contributed by atoms with E-state index in [1.165, 1.54) is 12.8 Å². The summed E-state index contributed by atoms with van der Waals surface area (Å²) in [5.41, 5.74) is 5.34. The Morgan fingerprint density at radius 3 is 2.08 bits per heavy atom. The number of ketones is 1. The van der Waals surface area contributed by atoms with Gasteiger partial charge in [0.05, 0.1) is 0 Å². The fraction of sp³-hybridized carbons (Fsp3) is 0.619. The Labute approximate surface area is 152 Å². The Morgan fingerprint density at radius 2 is 1.44 bits per heavy atom. The number of unbranched alkanes of at least 4 members (excludes halogenated alkanes) is 5. The summed E-state index contributed by atoms with van der Waals surface area (Å²) in [7, 11) is 0. The van der Waals surface area contributed by atoms with E-state index in [1.807, 2.05) is 0 Å². The summed E-state index contributed by atoms with van der Waals surface area (Å²) in [6.07, 6.45) is 23.2. The molecule has 0 aromatic rings. The summed E-state index contributed by atoms with van der Waals surface area (Å²) < 4.78 is 0. The monoisotopic (exact) mass is 349 g/mol. The van der Waals surface area contributed by atoms with Crippen molar-refractivity contribution in [1.82, 2.24) is 0 Å². The molecule has 0 aliphatic heterocycles. The Kier molecular flexibility index (Phi) is 16.0. The van der Waals surface area contributed by atoms with Crippen LogP contribution in [0.15, 0.2) is 36.5 Å². The lowest BCUT2D eigenvalue weighted by molar-refractivity contribution is -0.140. The summed E-state index contributed by atoms with van der Waals surface area (Å²) in [5, 5.41) is 8.65. The molecule has 0 saturated carbocycles. The van der Waals surface area contributed by atoms with Crippen molar-refractivity contribution in [2.45, 2.75) is 83.6 Å². The van der Waals surface area contributed by atoms with Gasteiger partial charge in [-0.15, -0.1) is 0 Å². The zero-order chi connectivity index (χ0) is 18.8. The Morgan fingerprint density at radius 1 is 0.880 bits per heavy atom. The lowest BCUT2D eigenvalue weighted by atomic mass is 10.0. The zero-order valence-electron chi connectivity index (χ0n) is 15.7. The Balaban J connectivity index is 3.41. The molecule has 1 atom stereocenters. The number of Topliss-reactive ketones (excluding diaryl/α,β-unsaturated/α-hetero) is 1. The zero-order valence-corrected chi connectivity index (χ0v) is 15.7. The standard InChI is InChI=1S/C21H35NO3/c1-2-3-4-5-6-7-8-9-10-11-12-13-14-15-16-17-19(23)18-20(22)21(24)25/h3-4,6-7,9-10,20H,2,5,8,11-18,22H2,1H3,(H,24,25)/b4-3-,7-6-,10-9-. The molecule has 25 heavy (non-hydrogen) atoms. The molecule has 0 spiro atoms. The number of rotatable bonds is 16. The van der Waals surface area contributed by atoms with Crippen LogP contribution < -0.4 is 5.73 Å². The molecule has 4 heteroatoms. The first-order valence-electron chi connectivity index (χ1n) is 9.53. The van der Waals surface area contributed by atoms with Crippen molar-refractivity contribution in [2.24, 2.45) is 5.73 Å². The predicted molar refractivity (Wildman–Crippen MR) is 104 cm³/mol. The molecule has 0 aromatic heterocycles. The van der Waals surface area contributed by atoms with Gasteiger partial charge in [0.2, 0.25) is 0 Å². The molecule has 3 N–H and O–H groups in total. The molecular weight excluding hydrogens is 314 g/mol. The van der Waals surface area contributed by atoms with Gasteiger partial charge in [-0.2, -0.15) is 0 Å². The SMILES string of the molecule is CC/C=C\C/C=C\C/C=C\CCCCCCCC(=O)CC(N)C(=O)O. The van der Waals surface area contributed by atoms with Crippen LogP contribution in [0, 0.1) is 0 Å². The van der Waals surface area contributed by atoms with Crippen molar-refractivity contribution in [1.29, 1.82) is 0 Å². The maximum absolute atomic E-state index is 11.5. The van der Waals surface area contributed by atoms with Gasteiger partial charge in [-0.1, -0.05) is 62.6 Å². The molecular formula is C21H35NO3. The van der Waals surface area contributed by atoms with Gasteiger partial charge in [-0.05, 0) is 38.5 Å². The minimum absolute atomic E-state index is 0.0453. The number of carboxylic acid groups (broad SMARTS) is 1. The topological polar surface area (TPSA) is 80.4 Å². The van der Waals surface area contributed by atoms with E-state index in [2.05, 4.69) is 43.4 Å². The average Bonchev–Trinajstić information content (AvgIpc) is 2.58. The highest BCUT2D eigenvalue weighted by atomic mass is 16.4. The molecule has 4 nitrogen and oxygen atoms in total. The Bertz CT molecular complexity index is 438. The molecule has 1 unspecified atom stereocenters. The first-order chi connectivity index (χ1) is 12.1. The van der Waals surface area contributed by atoms with Gasteiger partial charge in [-0.3, -0.25) is 9.59 Å². The lowest BCUT2D eigenvalue weighted by Gasteiger charge is -2.05. The molecule has 0 amide bonds. The van der Waals surface area contributed by atoms with Crippen LogP contribution in [0.1, 0.15) is 77.6 Å². The van der Waals surface area contributed by atoms with E-state index in [1.54, 1.807) is 0 Å². The largest absolute Gasteiger partial charge is 0.480 e. The van der Waals surface area contributed by atoms with E-state index in [0.717, 1.165) is 44.9 Å². The number of nitrogens with two attached hydrogens (primary N) is 1. The highest BCUT2D eigenvalue weighted by molar-refractivity contribution is 5.85. The van der Waals surface area contributed by atoms with E-state index in [9.17, 15) is 9.59 Å². The van der Waals surface area contributed by atoms with Crippen LogP contribution in [-0.2, 0) is 9.59 Å². The number of aliphatic carboxylic acids is 1. The highest BCUT2D eigenvalue weighted by Crippen LogP contribution is 2.09. The molecule has 142 valence electrons. The average molecular weight is 350 g/mol. The second kappa shape index (κ2) is 17.2. The maximum Gasteiger partial charge on any atom is 0.320 e. The van der Waals surface area contributed by atoms with Crippen LogP contribution in [-0.4, -0.2) is 22.9 Å². The fourth-order valence-electron chi connectivity index (χ4n) is 2.38. The summed E-state index contributed by atoms with van der Waals surface area (Å²) in [6, 6.07) is -1.05. The summed E-state index contributed by atoms with van der Waals surface area (Å²) in [6.45, 7) is 2.14. The summed E-state index contributed by atoms with van der Waals surface area (Å²) in [5.74, 6) is -1.15. The van der Waals surface area contributed by atoms with Crippen LogP contribution in [0.25, 0.3) is 0 Å². The molecule has 0 saturated heterocycles. The van der Waals surface area contributed by atoms with Crippen molar-refractivity contribution >= 4 is 11.8 Å². The van der Waals surface area contributed by atoms with Crippen LogP contribution in [0.5, 0.6) is 0 Å².